The number of hydrogen-bond acceptors (Lipinski definition) is 4. The molecular weight excluding hydrogens is 252 g/mol. The molecule has 1 aliphatic rings. The number of likely N-dealkylation sites (N-methyl/N-ethyl adjacent to an activating group) is 1. The molecule has 1 unspecified atom stereocenters. The Balaban J connectivity index is 2.68. The fourth-order valence-electron chi connectivity index (χ4n) is 2.58. The van der Waals surface area contributed by atoms with Crippen LogP contribution in [-0.4, -0.2) is 80.0 Å². The molecule has 20 heavy (non-hydrogen) atoms. The smallest absolute Gasteiger partial charge is 0.240 e. The number of piperidine rings is 1. The minimum atomic E-state index is -0.450. The van der Waals surface area contributed by atoms with Crippen molar-refractivity contribution in [3.8, 4) is 0 Å². The molecule has 1 amide bonds. The summed E-state index contributed by atoms with van der Waals surface area (Å²) in [7, 11) is 6.19. The van der Waals surface area contributed by atoms with Crippen LogP contribution in [0.4, 0.5) is 0 Å². The summed E-state index contributed by atoms with van der Waals surface area (Å²) in [4.78, 5) is 19.0. The molecular formula is C15H30N4O. The van der Waals surface area contributed by atoms with E-state index in [9.17, 15) is 4.79 Å². The number of carbonyl (C=O) groups is 1. The first-order chi connectivity index (χ1) is 9.45. The predicted octanol–water partition coefficient (Wildman–Crippen LogP) is 0.374. The Labute approximate surface area is 123 Å². The molecule has 1 saturated heterocycles. The zero-order valence-electron chi connectivity index (χ0n) is 13.2. The van der Waals surface area contributed by atoms with Gasteiger partial charge < -0.3 is 20.4 Å². The lowest BCUT2D eigenvalue weighted by Gasteiger charge is -2.39. The first-order valence-corrected chi connectivity index (χ1v) is 7.46. The minimum Gasteiger partial charge on any atom is -0.337 e. The molecule has 1 heterocycles. The summed E-state index contributed by atoms with van der Waals surface area (Å²) in [5.41, 5.74) is 5.98. The fourth-order valence-corrected chi connectivity index (χ4v) is 2.58. The molecule has 0 aromatic rings. The number of nitrogens with two attached hydrogens (primary N) is 1. The first kappa shape index (κ1) is 17.1. The van der Waals surface area contributed by atoms with Gasteiger partial charge in [0, 0.05) is 19.1 Å². The molecule has 1 atom stereocenters. The quantitative estimate of drug-likeness (QED) is 0.686. The summed E-state index contributed by atoms with van der Waals surface area (Å²) >= 11 is 0. The highest BCUT2D eigenvalue weighted by Gasteiger charge is 2.29. The molecule has 1 aliphatic heterocycles. The lowest BCUT2D eigenvalue weighted by Crippen LogP contribution is -2.53. The summed E-state index contributed by atoms with van der Waals surface area (Å²) in [6, 6.07) is -0.121. The molecule has 0 spiro atoms. The third kappa shape index (κ3) is 5.23. The monoisotopic (exact) mass is 282 g/mol. The number of hydrogen-bond donors (Lipinski definition) is 1. The minimum absolute atomic E-state index is 0.0707. The van der Waals surface area contributed by atoms with Crippen LogP contribution in [0.3, 0.4) is 0 Å². The van der Waals surface area contributed by atoms with E-state index in [1.165, 1.54) is 0 Å². The van der Waals surface area contributed by atoms with E-state index in [2.05, 4.69) is 23.4 Å². The average Bonchev–Trinajstić information content (AvgIpc) is 2.40. The Morgan fingerprint density at radius 3 is 2.50 bits per heavy atom. The van der Waals surface area contributed by atoms with E-state index in [-0.39, 0.29) is 5.91 Å². The molecule has 5 heteroatoms. The molecule has 0 aromatic heterocycles. The highest BCUT2D eigenvalue weighted by molar-refractivity contribution is 5.82. The third-order valence-corrected chi connectivity index (χ3v) is 3.94. The summed E-state index contributed by atoms with van der Waals surface area (Å²) in [5, 5.41) is 0. The Morgan fingerprint density at radius 2 is 2.00 bits per heavy atom. The normalized spacial score (nSPS) is 19.1. The number of likely N-dealkylation sites (tertiary alicyclic amines) is 1. The van der Waals surface area contributed by atoms with Gasteiger partial charge >= 0.3 is 0 Å². The molecule has 0 radical (unpaired) electrons. The van der Waals surface area contributed by atoms with Gasteiger partial charge in [0.25, 0.3) is 0 Å². The van der Waals surface area contributed by atoms with Crippen LogP contribution in [0, 0.1) is 0 Å². The van der Waals surface area contributed by atoms with Gasteiger partial charge in [-0.3, -0.25) is 4.79 Å². The summed E-state index contributed by atoms with van der Waals surface area (Å²) in [6.07, 6.45) is 4.35. The van der Waals surface area contributed by atoms with Crippen molar-refractivity contribution in [2.24, 2.45) is 5.73 Å². The van der Waals surface area contributed by atoms with E-state index < -0.39 is 6.04 Å². The number of rotatable bonds is 7. The van der Waals surface area contributed by atoms with Gasteiger partial charge in [0.05, 0.1) is 6.04 Å². The molecule has 0 aliphatic carbocycles. The fraction of sp³-hybridized carbons (Fsp3) is 0.800. The van der Waals surface area contributed by atoms with Gasteiger partial charge in [0.15, 0.2) is 0 Å². The molecule has 116 valence electrons. The van der Waals surface area contributed by atoms with Crippen LogP contribution in [-0.2, 0) is 4.79 Å². The number of carbonyl (C=O) groups excluding carboxylic acids is 1. The Hall–Kier alpha value is -0.910. The number of amides is 1. The van der Waals surface area contributed by atoms with Gasteiger partial charge in [0.2, 0.25) is 5.91 Å². The largest absolute Gasteiger partial charge is 0.337 e. The van der Waals surface area contributed by atoms with Crippen LogP contribution in [0.1, 0.15) is 19.3 Å². The third-order valence-electron chi connectivity index (χ3n) is 3.94. The number of nitrogens with zero attached hydrogens (tertiary/aromatic N) is 3. The highest BCUT2D eigenvalue weighted by Crippen LogP contribution is 2.17. The highest BCUT2D eigenvalue weighted by atomic mass is 16.2. The SMILES string of the molecule is C=CCC(N)C(=O)N(CCN(C)C)C1CCN(C)CC1. The molecule has 2 N–H and O–H groups in total. The van der Waals surface area contributed by atoms with Gasteiger partial charge in [-0.1, -0.05) is 6.08 Å². The standard InChI is InChI=1S/C15H30N4O/c1-5-6-14(16)15(20)19(12-11-17(2)3)13-7-9-18(4)10-8-13/h5,13-14H,1,6-12,16H2,2-4H3. The second-order valence-corrected chi connectivity index (χ2v) is 6.00. The van der Waals surface area contributed by atoms with E-state index in [0.29, 0.717) is 12.5 Å². The van der Waals surface area contributed by atoms with E-state index in [1.807, 2.05) is 19.0 Å². The summed E-state index contributed by atoms with van der Waals surface area (Å²) in [5.74, 6) is 0.0707. The second kappa shape index (κ2) is 8.39. The predicted molar refractivity (Wildman–Crippen MR) is 83.6 cm³/mol. The zero-order valence-corrected chi connectivity index (χ0v) is 13.2. The molecule has 1 rings (SSSR count). The van der Waals surface area contributed by atoms with E-state index >= 15 is 0 Å². The van der Waals surface area contributed by atoms with Crippen molar-refractivity contribution < 1.29 is 4.79 Å². The van der Waals surface area contributed by atoms with E-state index in [1.54, 1.807) is 6.08 Å². The van der Waals surface area contributed by atoms with Crippen molar-refractivity contribution in [1.82, 2.24) is 14.7 Å². The molecule has 5 nitrogen and oxygen atoms in total. The maximum atomic E-state index is 12.5. The van der Waals surface area contributed by atoms with Crippen LogP contribution >= 0.6 is 0 Å². The Kier molecular flexibility index (Phi) is 7.19. The van der Waals surface area contributed by atoms with Crippen LogP contribution < -0.4 is 5.73 Å². The molecule has 1 fully saturated rings. The van der Waals surface area contributed by atoms with Crippen LogP contribution in [0.25, 0.3) is 0 Å². The van der Waals surface area contributed by atoms with E-state index in [0.717, 1.165) is 39.0 Å². The topological polar surface area (TPSA) is 52.8 Å². The van der Waals surface area contributed by atoms with Crippen molar-refractivity contribution in [3.05, 3.63) is 12.7 Å². The lowest BCUT2D eigenvalue weighted by molar-refractivity contribution is -0.136. The average molecular weight is 282 g/mol. The zero-order chi connectivity index (χ0) is 15.1. The van der Waals surface area contributed by atoms with Gasteiger partial charge in [-0.15, -0.1) is 6.58 Å². The van der Waals surface area contributed by atoms with Crippen LogP contribution in [0.5, 0.6) is 0 Å². The van der Waals surface area contributed by atoms with Gasteiger partial charge in [0.1, 0.15) is 0 Å². The van der Waals surface area contributed by atoms with Gasteiger partial charge in [-0.2, -0.15) is 0 Å². The molecule has 0 saturated carbocycles. The first-order valence-electron chi connectivity index (χ1n) is 7.46. The Morgan fingerprint density at radius 1 is 1.40 bits per heavy atom. The van der Waals surface area contributed by atoms with Gasteiger partial charge in [-0.05, 0) is 53.5 Å². The van der Waals surface area contributed by atoms with Crippen molar-refractivity contribution in [3.63, 3.8) is 0 Å². The van der Waals surface area contributed by atoms with Crippen molar-refractivity contribution in [2.45, 2.75) is 31.3 Å². The molecule has 0 bridgehead atoms. The van der Waals surface area contributed by atoms with Crippen LogP contribution in [0.15, 0.2) is 12.7 Å². The summed E-state index contributed by atoms with van der Waals surface area (Å²) in [6.45, 7) is 7.40. The van der Waals surface area contributed by atoms with Crippen molar-refractivity contribution in [2.75, 3.05) is 47.3 Å². The lowest BCUT2D eigenvalue weighted by atomic mass is 10.0. The maximum Gasteiger partial charge on any atom is 0.240 e. The van der Waals surface area contributed by atoms with Crippen molar-refractivity contribution in [1.29, 1.82) is 0 Å². The van der Waals surface area contributed by atoms with Crippen LogP contribution in [0.2, 0.25) is 0 Å². The van der Waals surface area contributed by atoms with E-state index in [4.69, 9.17) is 5.73 Å². The molecule has 0 aromatic carbocycles. The second-order valence-electron chi connectivity index (χ2n) is 6.00. The maximum absolute atomic E-state index is 12.5. The summed E-state index contributed by atoms with van der Waals surface area (Å²) < 4.78 is 0. The Bertz CT molecular complexity index is 311. The van der Waals surface area contributed by atoms with Crippen molar-refractivity contribution >= 4 is 5.91 Å². The van der Waals surface area contributed by atoms with Gasteiger partial charge in [-0.25, -0.2) is 0 Å².